The van der Waals surface area contributed by atoms with E-state index in [4.69, 9.17) is 4.98 Å². The molecule has 4 nitrogen and oxygen atoms in total. The number of aromatic amines is 1. The fourth-order valence-electron chi connectivity index (χ4n) is 4.53. The molecule has 1 aliphatic heterocycles. The van der Waals surface area contributed by atoms with Gasteiger partial charge in [0.05, 0.1) is 11.9 Å². The summed E-state index contributed by atoms with van der Waals surface area (Å²) in [6, 6.07) is 15.0. The minimum Gasteiger partial charge on any atom is -0.309 e. The molecule has 3 aromatic heterocycles. The molecule has 1 saturated carbocycles. The Kier molecular flexibility index (Phi) is 4.18. The number of nitrogens with zero attached hydrogens (tertiary/aromatic N) is 2. The second-order valence-electron chi connectivity index (χ2n) is 8.01. The topological polar surface area (TPSA) is 49.0 Å². The summed E-state index contributed by atoms with van der Waals surface area (Å²) in [5.41, 5.74) is 2.61. The highest BCUT2D eigenvalue weighted by Crippen LogP contribution is 2.48. The van der Waals surface area contributed by atoms with Crippen LogP contribution in [0.3, 0.4) is 0 Å². The van der Waals surface area contributed by atoms with Crippen molar-refractivity contribution in [2.24, 2.45) is 5.92 Å². The van der Waals surface area contributed by atoms with Crippen LogP contribution in [-0.4, -0.2) is 21.4 Å². The SMILES string of the molecule is O=c1[nH]c(CN2CCc3sccc3[C@H]2C2CC2)nc2sc(-c3ccccc3)cc12. The molecule has 0 amide bonds. The van der Waals surface area contributed by atoms with Crippen molar-refractivity contribution < 1.29 is 0 Å². The van der Waals surface area contributed by atoms with Crippen molar-refractivity contribution in [3.63, 3.8) is 0 Å². The van der Waals surface area contributed by atoms with Crippen LogP contribution in [0, 0.1) is 5.92 Å². The average molecular weight is 420 g/mol. The molecule has 0 saturated heterocycles. The largest absolute Gasteiger partial charge is 0.309 e. The second-order valence-corrected chi connectivity index (χ2v) is 10.0. The number of rotatable bonds is 4. The molecule has 29 heavy (non-hydrogen) atoms. The van der Waals surface area contributed by atoms with E-state index in [0.29, 0.717) is 18.0 Å². The summed E-state index contributed by atoms with van der Waals surface area (Å²) in [6.07, 6.45) is 3.72. The van der Waals surface area contributed by atoms with Crippen LogP contribution in [0.2, 0.25) is 0 Å². The Morgan fingerprint density at radius 2 is 2.03 bits per heavy atom. The summed E-state index contributed by atoms with van der Waals surface area (Å²) < 4.78 is 0. The van der Waals surface area contributed by atoms with E-state index in [0.717, 1.165) is 40.0 Å². The summed E-state index contributed by atoms with van der Waals surface area (Å²) in [7, 11) is 0. The molecule has 1 aliphatic carbocycles. The first-order valence-electron chi connectivity index (χ1n) is 10.1. The van der Waals surface area contributed by atoms with Gasteiger partial charge in [-0.25, -0.2) is 4.98 Å². The standard InChI is InChI=1S/C23H21N3OS2/c27-22-17-12-19(14-4-2-1-3-5-14)29-23(17)25-20(24-22)13-26-10-8-18-16(9-11-28-18)21(26)15-6-7-15/h1-5,9,11-12,15,21H,6-8,10,13H2,(H,24,25,27)/t21-/m1/s1. The Morgan fingerprint density at radius 1 is 1.17 bits per heavy atom. The van der Waals surface area contributed by atoms with Gasteiger partial charge >= 0.3 is 0 Å². The molecule has 1 aromatic carbocycles. The zero-order valence-corrected chi connectivity index (χ0v) is 17.6. The van der Waals surface area contributed by atoms with E-state index < -0.39 is 0 Å². The fourth-order valence-corrected chi connectivity index (χ4v) is 6.50. The van der Waals surface area contributed by atoms with Crippen LogP contribution in [-0.2, 0) is 13.0 Å². The maximum absolute atomic E-state index is 12.8. The number of aromatic nitrogens is 2. The van der Waals surface area contributed by atoms with Crippen molar-refractivity contribution in [3.05, 3.63) is 74.5 Å². The highest BCUT2D eigenvalue weighted by molar-refractivity contribution is 7.21. The molecule has 0 bridgehead atoms. The monoisotopic (exact) mass is 419 g/mol. The minimum atomic E-state index is -0.0281. The van der Waals surface area contributed by atoms with E-state index in [2.05, 4.69) is 33.5 Å². The number of benzene rings is 1. The smallest absolute Gasteiger partial charge is 0.259 e. The first-order valence-corrected chi connectivity index (χ1v) is 11.8. The van der Waals surface area contributed by atoms with Gasteiger partial charge in [-0.15, -0.1) is 22.7 Å². The molecule has 2 aliphatic rings. The number of hydrogen-bond acceptors (Lipinski definition) is 5. The molecule has 0 unspecified atom stereocenters. The molecule has 6 heteroatoms. The maximum Gasteiger partial charge on any atom is 0.259 e. The highest BCUT2D eigenvalue weighted by Gasteiger charge is 2.40. The Balaban J connectivity index is 1.34. The highest BCUT2D eigenvalue weighted by atomic mass is 32.1. The Bertz CT molecular complexity index is 1240. The van der Waals surface area contributed by atoms with Crippen LogP contribution >= 0.6 is 22.7 Å². The predicted octanol–water partition coefficient (Wildman–Crippen LogP) is 5.22. The predicted molar refractivity (Wildman–Crippen MR) is 120 cm³/mol. The van der Waals surface area contributed by atoms with Gasteiger partial charge < -0.3 is 4.98 Å². The van der Waals surface area contributed by atoms with E-state index in [1.54, 1.807) is 16.2 Å². The summed E-state index contributed by atoms with van der Waals surface area (Å²) >= 11 is 3.49. The lowest BCUT2D eigenvalue weighted by molar-refractivity contribution is 0.154. The number of hydrogen-bond donors (Lipinski definition) is 1. The lowest BCUT2D eigenvalue weighted by Gasteiger charge is -2.35. The lowest BCUT2D eigenvalue weighted by atomic mass is 9.96. The van der Waals surface area contributed by atoms with Crippen molar-refractivity contribution in [2.75, 3.05) is 6.54 Å². The zero-order chi connectivity index (χ0) is 19.4. The molecule has 1 fully saturated rings. The van der Waals surface area contributed by atoms with Gasteiger partial charge in [0.1, 0.15) is 10.7 Å². The first kappa shape index (κ1) is 17.6. The van der Waals surface area contributed by atoms with Crippen LogP contribution in [0.5, 0.6) is 0 Å². The maximum atomic E-state index is 12.8. The molecule has 6 rings (SSSR count). The van der Waals surface area contributed by atoms with Gasteiger partial charge in [-0.05, 0) is 53.8 Å². The summed E-state index contributed by atoms with van der Waals surface area (Å²) in [5.74, 6) is 1.54. The number of nitrogens with one attached hydrogen (secondary N) is 1. The number of fused-ring (bicyclic) bond motifs is 2. The normalized spacial score (nSPS) is 19.5. The molecule has 146 valence electrons. The fraction of sp³-hybridized carbons (Fsp3) is 0.304. The van der Waals surface area contributed by atoms with Crippen molar-refractivity contribution in [2.45, 2.75) is 31.8 Å². The van der Waals surface area contributed by atoms with Gasteiger partial charge in [0.15, 0.2) is 0 Å². The van der Waals surface area contributed by atoms with E-state index in [-0.39, 0.29) is 5.56 Å². The molecule has 1 atom stereocenters. The summed E-state index contributed by atoms with van der Waals surface area (Å²) in [5, 5.41) is 2.92. The van der Waals surface area contributed by atoms with E-state index in [1.165, 1.54) is 18.4 Å². The van der Waals surface area contributed by atoms with Crippen molar-refractivity contribution in [3.8, 4) is 10.4 Å². The van der Waals surface area contributed by atoms with Crippen LogP contribution in [0.25, 0.3) is 20.7 Å². The van der Waals surface area contributed by atoms with Crippen LogP contribution in [0.4, 0.5) is 0 Å². The van der Waals surface area contributed by atoms with Crippen molar-refractivity contribution in [1.82, 2.24) is 14.9 Å². The third-order valence-electron chi connectivity index (χ3n) is 6.05. The van der Waals surface area contributed by atoms with Gasteiger partial charge in [-0.2, -0.15) is 0 Å². The number of thiophene rings is 2. The first-order chi connectivity index (χ1) is 14.3. The van der Waals surface area contributed by atoms with E-state index in [9.17, 15) is 4.79 Å². The summed E-state index contributed by atoms with van der Waals surface area (Å²) in [6.45, 7) is 1.75. The van der Waals surface area contributed by atoms with E-state index >= 15 is 0 Å². The molecular formula is C23H21N3OS2. The number of H-pyrrole nitrogens is 1. The van der Waals surface area contributed by atoms with Crippen molar-refractivity contribution >= 4 is 32.9 Å². The lowest BCUT2D eigenvalue weighted by Crippen LogP contribution is -2.36. The molecule has 0 spiro atoms. The van der Waals surface area contributed by atoms with Gasteiger partial charge in [-0.3, -0.25) is 9.69 Å². The Morgan fingerprint density at radius 3 is 2.86 bits per heavy atom. The Hall–Kier alpha value is -2.28. The quantitative estimate of drug-likeness (QED) is 0.493. The summed E-state index contributed by atoms with van der Waals surface area (Å²) in [4.78, 5) is 26.7. The van der Waals surface area contributed by atoms with Crippen LogP contribution in [0.15, 0.2) is 52.6 Å². The second kappa shape index (κ2) is 6.90. The van der Waals surface area contributed by atoms with Gasteiger partial charge in [0.2, 0.25) is 0 Å². The third-order valence-corrected chi connectivity index (χ3v) is 8.12. The molecule has 0 radical (unpaired) electrons. The third kappa shape index (κ3) is 3.16. The van der Waals surface area contributed by atoms with Gasteiger partial charge in [0, 0.05) is 22.3 Å². The van der Waals surface area contributed by atoms with Crippen molar-refractivity contribution in [1.29, 1.82) is 0 Å². The Labute approximate surface area is 176 Å². The van der Waals surface area contributed by atoms with Gasteiger partial charge in [0.25, 0.3) is 5.56 Å². The molecule has 4 heterocycles. The molecular weight excluding hydrogens is 398 g/mol. The van der Waals surface area contributed by atoms with Crippen LogP contribution < -0.4 is 5.56 Å². The van der Waals surface area contributed by atoms with Gasteiger partial charge in [-0.1, -0.05) is 30.3 Å². The molecule has 4 aromatic rings. The van der Waals surface area contributed by atoms with E-state index in [1.807, 2.05) is 35.6 Å². The van der Waals surface area contributed by atoms with Crippen LogP contribution in [0.1, 0.15) is 35.1 Å². The minimum absolute atomic E-state index is 0.0281. The molecule has 1 N–H and O–H groups in total. The zero-order valence-electron chi connectivity index (χ0n) is 15.9. The average Bonchev–Trinajstić information content (AvgIpc) is 3.29.